The minimum Gasteiger partial charge on any atom is -0.497 e. The molecule has 0 amide bonds. The van der Waals surface area contributed by atoms with E-state index in [-0.39, 0.29) is 18.3 Å². The molecule has 0 saturated heterocycles. The summed E-state index contributed by atoms with van der Waals surface area (Å²) < 4.78 is 30.4. The zero-order chi connectivity index (χ0) is 33.1. The first kappa shape index (κ1) is 37.3. The Balaban J connectivity index is 2.48. The van der Waals surface area contributed by atoms with Gasteiger partial charge >= 0.3 is 0 Å². The van der Waals surface area contributed by atoms with Crippen LogP contribution < -0.4 is 9.47 Å². The third kappa shape index (κ3) is 11.5. The van der Waals surface area contributed by atoms with E-state index < -0.39 is 34.7 Å². The van der Waals surface area contributed by atoms with Gasteiger partial charge in [0.15, 0.2) is 14.6 Å². The van der Waals surface area contributed by atoms with Crippen LogP contribution in [0.25, 0.3) is 0 Å². The van der Waals surface area contributed by atoms with E-state index in [9.17, 15) is 4.79 Å². The van der Waals surface area contributed by atoms with Crippen molar-refractivity contribution in [2.24, 2.45) is 0 Å². The van der Waals surface area contributed by atoms with Crippen LogP contribution in [0.5, 0.6) is 11.5 Å². The van der Waals surface area contributed by atoms with Crippen molar-refractivity contribution in [3.05, 3.63) is 84.0 Å². The highest BCUT2D eigenvalue weighted by molar-refractivity contribution is 6.83. The van der Waals surface area contributed by atoms with Gasteiger partial charge in [-0.15, -0.1) is 11.5 Å². The molecule has 0 bridgehead atoms. The van der Waals surface area contributed by atoms with Crippen molar-refractivity contribution < 1.29 is 28.2 Å². The molecule has 0 radical (unpaired) electrons. The van der Waals surface area contributed by atoms with Gasteiger partial charge in [0.25, 0.3) is 0 Å². The molecular formula is C36H52O6Si2. The van der Waals surface area contributed by atoms with Crippen LogP contribution in [-0.2, 0) is 31.9 Å². The lowest BCUT2D eigenvalue weighted by molar-refractivity contribution is -0.118. The van der Waals surface area contributed by atoms with E-state index in [0.29, 0.717) is 12.0 Å². The van der Waals surface area contributed by atoms with Gasteiger partial charge in [-0.2, -0.15) is 0 Å². The summed E-state index contributed by atoms with van der Waals surface area (Å²) in [6.07, 6.45) is -0.989. The normalized spacial score (nSPS) is 14.0. The summed E-state index contributed by atoms with van der Waals surface area (Å²) in [6, 6.07) is 15.2. The standard InChI is InChI=1S/C36H52O6Si2/c1-27(14-13-23-43(8,9)10)34(42-44(11,12)36(3,4)5)35(41-26-30-17-21-32(39-7)22-18-30)28(2)33(24-37)40-25-29-15-19-31(38-6)20-16-29/h15-22,24,33-35H,1-2,14,25-26H2,3-12H3/t33-,34+,35+/m1/s1. The topological polar surface area (TPSA) is 63.2 Å². The molecule has 2 rings (SSSR count). The lowest BCUT2D eigenvalue weighted by Crippen LogP contribution is -2.49. The number of hydrogen-bond acceptors (Lipinski definition) is 6. The van der Waals surface area contributed by atoms with E-state index in [2.05, 4.69) is 78.1 Å². The van der Waals surface area contributed by atoms with E-state index in [1.54, 1.807) is 14.2 Å². The summed E-state index contributed by atoms with van der Waals surface area (Å²) in [6.45, 7) is 26.9. The number of carbonyl (C=O) groups is 1. The summed E-state index contributed by atoms with van der Waals surface area (Å²) >= 11 is 0. The molecule has 0 unspecified atom stereocenters. The Labute approximate surface area is 267 Å². The van der Waals surface area contributed by atoms with Gasteiger partial charge in [-0.05, 0) is 64.7 Å². The molecule has 0 saturated carbocycles. The molecule has 0 aliphatic heterocycles. The average molecular weight is 637 g/mol. The van der Waals surface area contributed by atoms with Crippen LogP contribution >= 0.6 is 0 Å². The van der Waals surface area contributed by atoms with Crippen molar-refractivity contribution >= 4 is 22.7 Å². The highest BCUT2D eigenvalue weighted by Crippen LogP contribution is 2.40. The Morgan fingerprint density at radius 2 is 1.30 bits per heavy atom. The summed E-state index contributed by atoms with van der Waals surface area (Å²) in [5.74, 6) is 4.86. The monoisotopic (exact) mass is 636 g/mol. The lowest BCUT2D eigenvalue weighted by atomic mass is 9.95. The summed E-state index contributed by atoms with van der Waals surface area (Å²) in [4.78, 5) is 12.5. The van der Waals surface area contributed by atoms with Crippen LogP contribution in [0.4, 0.5) is 0 Å². The largest absolute Gasteiger partial charge is 0.497 e. The Morgan fingerprint density at radius 1 is 0.818 bits per heavy atom. The molecule has 0 N–H and O–H groups in total. The quantitative estimate of drug-likeness (QED) is 0.0802. The van der Waals surface area contributed by atoms with Crippen LogP contribution in [-0.4, -0.2) is 55.2 Å². The third-order valence-electron chi connectivity index (χ3n) is 7.72. The summed E-state index contributed by atoms with van der Waals surface area (Å²) in [5, 5.41) is -0.0771. The van der Waals surface area contributed by atoms with E-state index in [4.69, 9.17) is 23.4 Å². The second kappa shape index (κ2) is 16.4. The van der Waals surface area contributed by atoms with Gasteiger partial charge in [-0.25, -0.2) is 0 Å². The Kier molecular flexibility index (Phi) is 13.9. The van der Waals surface area contributed by atoms with Crippen molar-refractivity contribution in [2.75, 3.05) is 14.2 Å². The SMILES string of the molecule is C=C(CC#C[Si](C)(C)C)[C@H](O[Si](C)(C)C(C)(C)C)[C@@H](OCc1ccc(OC)cc1)C(=C)[C@@H](C=O)OCc1ccc(OC)cc1. The van der Waals surface area contributed by atoms with E-state index in [1.807, 2.05) is 48.5 Å². The summed E-state index contributed by atoms with van der Waals surface area (Å²) in [7, 11) is -0.675. The number of carbonyl (C=O) groups excluding carboxylic acids is 1. The maximum absolute atomic E-state index is 12.5. The molecule has 6 nitrogen and oxygen atoms in total. The molecule has 240 valence electrons. The number of methoxy groups -OCH3 is 2. The number of rotatable bonds is 16. The molecule has 0 fully saturated rings. The molecule has 44 heavy (non-hydrogen) atoms. The van der Waals surface area contributed by atoms with Gasteiger partial charge in [0.1, 0.15) is 31.8 Å². The molecule has 0 aliphatic carbocycles. The first-order chi connectivity index (χ1) is 20.5. The second-order valence-corrected chi connectivity index (χ2v) is 23.1. The fourth-order valence-corrected chi connectivity index (χ4v) is 5.87. The van der Waals surface area contributed by atoms with Crippen LogP contribution in [0, 0.1) is 11.5 Å². The fraction of sp³-hybridized carbons (Fsp3) is 0.472. The molecule has 8 heteroatoms. The molecule has 0 aliphatic rings. The number of aldehydes is 1. The van der Waals surface area contributed by atoms with Crippen molar-refractivity contribution in [3.63, 3.8) is 0 Å². The average Bonchev–Trinajstić information content (AvgIpc) is 2.96. The zero-order valence-corrected chi connectivity index (χ0v) is 30.4. The molecule has 3 atom stereocenters. The first-order valence-electron chi connectivity index (χ1n) is 15.0. The predicted molar refractivity (Wildman–Crippen MR) is 185 cm³/mol. The van der Waals surface area contributed by atoms with E-state index in [1.165, 1.54) is 0 Å². The molecule has 2 aromatic carbocycles. The lowest BCUT2D eigenvalue weighted by Gasteiger charge is -2.42. The van der Waals surface area contributed by atoms with Gasteiger partial charge < -0.3 is 28.2 Å². The van der Waals surface area contributed by atoms with Crippen LogP contribution in [0.15, 0.2) is 72.8 Å². The van der Waals surface area contributed by atoms with E-state index >= 15 is 0 Å². The Hall–Kier alpha value is -2.94. The molecule has 2 aromatic rings. The molecule has 0 aromatic heterocycles. The highest BCUT2D eigenvalue weighted by Gasteiger charge is 2.43. The Morgan fingerprint density at radius 3 is 1.70 bits per heavy atom. The Bertz CT molecular complexity index is 1290. The number of benzene rings is 2. The molecular weight excluding hydrogens is 585 g/mol. The van der Waals surface area contributed by atoms with Gasteiger partial charge in [0, 0.05) is 6.42 Å². The van der Waals surface area contributed by atoms with Gasteiger partial charge in [0.2, 0.25) is 0 Å². The van der Waals surface area contributed by atoms with Crippen LogP contribution in [0.3, 0.4) is 0 Å². The number of ether oxygens (including phenoxy) is 4. The highest BCUT2D eigenvalue weighted by atomic mass is 28.4. The van der Waals surface area contributed by atoms with Crippen molar-refractivity contribution in [2.45, 2.75) is 96.5 Å². The third-order valence-corrected chi connectivity index (χ3v) is 13.1. The predicted octanol–water partition coefficient (Wildman–Crippen LogP) is 8.15. The van der Waals surface area contributed by atoms with Crippen molar-refractivity contribution in [1.29, 1.82) is 0 Å². The molecule has 0 spiro atoms. The van der Waals surface area contributed by atoms with Gasteiger partial charge in [-0.3, -0.25) is 0 Å². The minimum atomic E-state index is -2.34. The maximum atomic E-state index is 12.5. The minimum absolute atomic E-state index is 0.0771. The van der Waals surface area contributed by atoms with Crippen molar-refractivity contribution in [3.8, 4) is 23.0 Å². The fourth-order valence-electron chi connectivity index (χ4n) is 3.98. The smallest absolute Gasteiger partial charge is 0.193 e. The van der Waals surface area contributed by atoms with Crippen molar-refractivity contribution in [1.82, 2.24) is 0 Å². The van der Waals surface area contributed by atoms with Gasteiger partial charge in [0.05, 0.1) is 33.5 Å². The summed E-state index contributed by atoms with van der Waals surface area (Å²) in [5.41, 5.74) is 6.56. The first-order valence-corrected chi connectivity index (χ1v) is 21.4. The number of hydrogen-bond donors (Lipinski definition) is 0. The zero-order valence-electron chi connectivity index (χ0n) is 28.4. The van der Waals surface area contributed by atoms with Crippen LogP contribution in [0.1, 0.15) is 38.3 Å². The van der Waals surface area contributed by atoms with Crippen LogP contribution in [0.2, 0.25) is 37.8 Å². The molecule has 0 heterocycles. The second-order valence-electron chi connectivity index (χ2n) is 13.6. The van der Waals surface area contributed by atoms with Gasteiger partial charge in [-0.1, -0.05) is 77.8 Å². The van der Waals surface area contributed by atoms with E-state index in [0.717, 1.165) is 34.5 Å². The maximum Gasteiger partial charge on any atom is 0.193 e.